The second-order valence-electron chi connectivity index (χ2n) is 4.41. The van der Waals surface area contributed by atoms with Crippen LogP contribution < -0.4 is 11.3 Å². The Morgan fingerprint density at radius 1 is 1.38 bits per heavy atom. The van der Waals surface area contributed by atoms with Gasteiger partial charge >= 0.3 is 0 Å². The van der Waals surface area contributed by atoms with Gasteiger partial charge in [-0.05, 0) is 30.5 Å². The Bertz CT molecular complexity index is 490. The molecule has 0 fully saturated rings. The number of hydrazine groups is 1. The molecule has 3 N–H and O–H groups in total. The average Bonchev–Trinajstić information content (AvgIpc) is 2.60. The predicted octanol–water partition coefficient (Wildman–Crippen LogP) is 2.30. The lowest BCUT2D eigenvalue weighted by Gasteiger charge is -2.15. The van der Waals surface area contributed by atoms with Gasteiger partial charge in [0.2, 0.25) is 5.89 Å². The van der Waals surface area contributed by atoms with Crippen LogP contribution in [0.15, 0.2) is 22.6 Å². The third kappa shape index (κ3) is 1.94. The zero-order valence-electron chi connectivity index (χ0n) is 9.82. The first-order valence-corrected chi connectivity index (χ1v) is 5.45. The van der Waals surface area contributed by atoms with Crippen LogP contribution in [0, 0.1) is 12.8 Å². The van der Waals surface area contributed by atoms with Gasteiger partial charge in [-0.3, -0.25) is 5.84 Å². The normalized spacial score (nSPS) is 13.6. The van der Waals surface area contributed by atoms with Gasteiger partial charge in [0.1, 0.15) is 5.52 Å². The van der Waals surface area contributed by atoms with E-state index in [0.29, 0.717) is 11.8 Å². The minimum atomic E-state index is -0.0484. The summed E-state index contributed by atoms with van der Waals surface area (Å²) < 4.78 is 5.71. The molecule has 1 aromatic carbocycles. The molecule has 1 heterocycles. The molecule has 4 heteroatoms. The van der Waals surface area contributed by atoms with E-state index >= 15 is 0 Å². The molecule has 86 valence electrons. The first-order valence-electron chi connectivity index (χ1n) is 5.45. The van der Waals surface area contributed by atoms with E-state index in [4.69, 9.17) is 10.3 Å². The minimum absolute atomic E-state index is 0.0484. The Morgan fingerprint density at radius 2 is 2.12 bits per heavy atom. The topological polar surface area (TPSA) is 64.1 Å². The van der Waals surface area contributed by atoms with E-state index < -0.39 is 0 Å². The zero-order valence-corrected chi connectivity index (χ0v) is 9.82. The Kier molecular flexibility index (Phi) is 2.94. The van der Waals surface area contributed by atoms with E-state index in [-0.39, 0.29) is 6.04 Å². The highest BCUT2D eigenvalue weighted by Crippen LogP contribution is 2.24. The number of nitrogens with one attached hydrogen (secondary N) is 1. The van der Waals surface area contributed by atoms with Gasteiger partial charge in [0.25, 0.3) is 0 Å². The van der Waals surface area contributed by atoms with Crippen LogP contribution in [0.4, 0.5) is 0 Å². The lowest BCUT2D eigenvalue weighted by Crippen LogP contribution is -2.31. The van der Waals surface area contributed by atoms with Crippen molar-refractivity contribution >= 4 is 11.1 Å². The number of fused-ring (bicyclic) bond motifs is 1. The minimum Gasteiger partial charge on any atom is -0.439 e. The van der Waals surface area contributed by atoms with Crippen LogP contribution in [-0.2, 0) is 0 Å². The number of rotatable bonds is 3. The molecule has 0 spiro atoms. The van der Waals surface area contributed by atoms with Crippen LogP contribution in [0.2, 0.25) is 0 Å². The van der Waals surface area contributed by atoms with Gasteiger partial charge in [-0.1, -0.05) is 19.9 Å². The van der Waals surface area contributed by atoms with Gasteiger partial charge in [0.05, 0.1) is 6.04 Å². The van der Waals surface area contributed by atoms with Crippen LogP contribution in [0.5, 0.6) is 0 Å². The smallest absolute Gasteiger partial charge is 0.214 e. The summed E-state index contributed by atoms with van der Waals surface area (Å²) in [5.74, 6) is 6.49. The second-order valence-corrected chi connectivity index (χ2v) is 4.41. The summed E-state index contributed by atoms with van der Waals surface area (Å²) in [7, 11) is 0. The summed E-state index contributed by atoms with van der Waals surface area (Å²) in [6.07, 6.45) is 0. The summed E-state index contributed by atoms with van der Waals surface area (Å²) in [4.78, 5) is 4.44. The second kappa shape index (κ2) is 4.23. The SMILES string of the molecule is Cc1ccc2nc(C(NN)C(C)C)oc2c1. The highest BCUT2D eigenvalue weighted by molar-refractivity contribution is 5.73. The third-order valence-corrected chi connectivity index (χ3v) is 2.67. The van der Waals surface area contributed by atoms with Gasteiger partial charge in [-0.15, -0.1) is 0 Å². The lowest BCUT2D eigenvalue weighted by molar-refractivity contribution is 0.343. The molecule has 1 unspecified atom stereocenters. The van der Waals surface area contributed by atoms with Gasteiger partial charge in [0.15, 0.2) is 5.58 Å². The first-order chi connectivity index (χ1) is 7.61. The predicted molar refractivity (Wildman–Crippen MR) is 63.6 cm³/mol. The van der Waals surface area contributed by atoms with E-state index in [2.05, 4.69) is 24.3 Å². The third-order valence-electron chi connectivity index (χ3n) is 2.67. The van der Waals surface area contributed by atoms with Crippen molar-refractivity contribution in [2.75, 3.05) is 0 Å². The molecular formula is C12H17N3O. The van der Waals surface area contributed by atoms with E-state index in [1.54, 1.807) is 0 Å². The number of aromatic nitrogens is 1. The van der Waals surface area contributed by atoms with E-state index in [0.717, 1.165) is 16.7 Å². The number of benzene rings is 1. The maximum Gasteiger partial charge on any atom is 0.214 e. The van der Waals surface area contributed by atoms with Crippen molar-refractivity contribution < 1.29 is 4.42 Å². The molecule has 0 aliphatic rings. The van der Waals surface area contributed by atoms with Crippen LogP contribution >= 0.6 is 0 Å². The lowest BCUT2D eigenvalue weighted by atomic mass is 10.1. The maximum atomic E-state index is 5.71. The Morgan fingerprint density at radius 3 is 2.75 bits per heavy atom. The molecule has 0 amide bonds. The van der Waals surface area contributed by atoms with E-state index in [9.17, 15) is 0 Å². The van der Waals surface area contributed by atoms with Gasteiger partial charge in [0, 0.05) is 0 Å². The van der Waals surface area contributed by atoms with Crippen molar-refractivity contribution in [3.05, 3.63) is 29.7 Å². The largest absolute Gasteiger partial charge is 0.439 e. The molecular weight excluding hydrogens is 202 g/mol. The van der Waals surface area contributed by atoms with E-state index in [1.165, 1.54) is 0 Å². The van der Waals surface area contributed by atoms with Crippen molar-refractivity contribution in [2.45, 2.75) is 26.8 Å². The van der Waals surface area contributed by atoms with Crippen LogP contribution in [0.3, 0.4) is 0 Å². The average molecular weight is 219 g/mol. The fourth-order valence-electron chi connectivity index (χ4n) is 1.73. The molecule has 4 nitrogen and oxygen atoms in total. The quantitative estimate of drug-likeness (QED) is 0.614. The fourth-order valence-corrected chi connectivity index (χ4v) is 1.73. The molecule has 16 heavy (non-hydrogen) atoms. The number of nitrogens with zero attached hydrogens (tertiary/aromatic N) is 1. The molecule has 0 aliphatic heterocycles. The monoisotopic (exact) mass is 219 g/mol. The van der Waals surface area contributed by atoms with Crippen LogP contribution in [-0.4, -0.2) is 4.98 Å². The number of hydrogen-bond acceptors (Lipinski definition) is 4. The Labute approximate surface area is 94.8 Å². The molecule has 2 rings (SSSR count). The van der Waals surface area contributed by atoms with Crippen molar-refractivity contribution in [1.29, 1.82) is 0 Å². The van der Waals surface area contributed by atoms with E-state index in [1.807, 2.05) is 25.1 Å². The van der Waals surface area contributed by atoms with Crippen molar-refractivity contribution in [2.24, 2.45) is 11.8 Å². The number of nitrogens with two attached hydrogens (primary N) is 1. The molecule has 1 atom stereocenters. The van der Waals surface area contributed by atoms with Gasteiger partial charge in [-0.25, -0.2) is 10.4 Å². The van der Waals surface area contributed by atoms with Crippen LogP contribution in [0.25, 0.3) is 11.1 Å². The Balaban J connectivity index is 2.45. The van der Waals surface area contributed by atoms with Crippen molar-refractivity contribution in [1.82, 2.24) is 10.4 Å². The molecule has 0 radical (unpaired) electrons. The van der Waals surface area contributed by atoms with Crippen molar-refractivity contribution in [3.8, 4) is 0 Å². The number of aryl methyl sites for hydroxylation is 1. The van der Waals surface area contributed by atoms with Gasteiger partial charge in [-0.2, -0.15) is 0 Å². The fraction of sp³-hybridized carbons (Fsp3) is 0.417. The molecule has 0 saturated heterocycles. The first kappa shape index (κ1) is 11.1. The maximum absolute atomic E-state index is 5.71. The molecule has 0 bridgehead atoms. The molecule has 1 aromatic heterocycles. The molecule has 2 aromatic rings. The van der Waals surface area contributed by atoms with Gasteiger partial charge < -0.3 is 4.42 Å². The Hall–Kier alpha value is -1.39. The zero-order chi connectivity index (χ0) is 11.7. The summed E-state index contributed by atoms with van der Waals surface area (Å²) in [5, 5.41) is 0. The standard InChI is InChI=1S/C12H17N3O/c1-7(2)11(15-13)12-14-9-5-4-8(3)6-10(9)16-12/h4-7,11,15H,13H2,1-3H3. The van der Waals surface area contributed by atoms with Crippen molar-refractivity contribution in [3.63, 3.8) is 0 Å². The molecule has 0 saturated carbocycles. The summed E-state index contributed by atoms with van der Waals surface area (Å²) in [5.41, 5.74) is 5.59. The number of oxazole rings is 1. The summed E-state index contributed by atoms with van der Waals surface area (Å²) in [6, 6.07) is 5.92. The van der Waals surface area contributed by atoms with Crippen LogP contribution in [0.1, 0.15) is 31.3 Å². The molecule has 0 aliphatic carbocycles. The highest BCUT2D eigenvalue weighted by atomic mass is 16.3. The summed E-state index contributed by atoms with van der Waals surface area (Å²) in [6.45, 7) is 6.18. The number of hydrogen-bond donors (Lipinski definition) is 2. The summed E-state index contributed by atoms with van der Waals surface area (Å²) >= 11 is 0. The highest BCUT2D eigenvalue weighted by Gasteiger charge is 2.20.